The van der Waals surface area contributed by atoms with Gasteiger partial charge in [0.15, 0.2) is 11.3 Å². The molecule has 1 aliphatic carbocycles. The molecule has 16 nitrogen and oxygen atoms in total. The van der Waals surface area contributed by atoms with E-state index in [0.717, 1.165) is 76.1 Å². The summed E-state index contributed by atoms with van der Waals surface area (Å²) in [5.41, 5.74) is 4.13. The van der Waals surface area contributed by atoms with E-state index in [0.29, 0.717) is 60.4 Å². The number of amides is 4. The molecule has 0 bridgehead atoms. The molecule has 5 aliphatic rings. The summed E-state index contributed by atoms with van der Waals surface area (Å²) in [4.78, 5) is 66.2. The molecule has 4 aliphatic heterocycles. The number of hydrogen-bond donors (Lipinski definition) is 2. The Morgan fingerprint density at radius 2 is 1.86 bits per heavy atom. The van der Waals surface area contributed by atoms with Crippen molar-refractivity contribution < 1.29 is 19.2 Å². The molecule has 2 N–H and O–H groups in total. The van der Waals surface area contributed by atoms with Gasteiger partial charge in [-0.05, 0) is 93.1 Å². The van der Waals surface area contributed by atoms with Crippen LogP contribution in [-0.4, -0.2) is 109 Å². The van der Waals surface area contributed by atoms with Crippen LogP contribution in [-0.2, 0) is 16.1 Å². The average molecular weight is 757 g/mol. The fourth-order valence-electron chi connectivity index (χ4n) is 9.10. The van der Waals surface area contributed by atoms with Crippen LogP contribution in [0.25, 0.3) is 5.65 Å². The SMILES string of the molecule is N#Cc1nn(C2CCC(CN3CCC(c4ccc5c(c4)C(=O)N(C4CCC(=O)NC4=O)C5)CC3)CC2)cc1NC(=O)c1cnn2ccc(N3CC=NCC3)nc12. The van der Waals surface area contributed by atoms with E-state index in [1.54, 1.807) is 21.8 Å². The fraction of sp³-hybridized carbons (Fsp3) is 0.475. The zero-order valence-electron chi connectivity index (χ0n) is 31.1. The van der Waals surface area contributed by atoms with Crippen LogP contribution in [0.2, 0.25) is 0 Å². The molecule has 1 aromatic carbocycles. The first-order valence-electron chi connectivity index (χ1n) is 19.7. The van der Waals surface area contributed by atoms with E-state index in [2.05, 4.69) is 47.8 Å². The van der Waals surface area contributed by atoms with Crippen LogP contribution in [0.3, 0.4) is 0 Å². The third-order valence-corrected chi connectivity index (χ3v) is 12.3. The van der Waals surface area contributed by atoms with Gasteiger partial charge in [0.25, 0.3) is 11.8 Å². The van der Waals surface area contributed by atoms with Gasteiger partial charge < -0.3 is 20.0 Å². The molecule has 3 fully saturated rings. The third kappa shape index (κ3) is 6.91. The summed E-state index contributed by atoms with van der Waals surface area (Å²) >= 11 is 0. The topological polar surface area (TPSA) is 186 Å². The number of piperidine rings is 2. The largest absolute Gasteiger partial charge is 0.349 e. The Hall–Kier alpha value is -5.95. The number of fused-ring (bicyclic) bond motifs is 2. The number of carbonyl (C=O) groups excluding carboxylic acids is 4. The van der Waals surface area contributed by atoms with Crippen LogP contribution in [0.5, 0.6) is 0 Å². The molecule has 0 radical (unpaired) electrons. The number of imide groups is 1. The number of benzene rings is 1. The van der Waals surface area contributed by atoms with Gasteiger partial charge in [-0.25, -0.2) is 9.50 Å². The van der Waals surface area contributed by atoms with Crippen LogP contribution in [0.15, 0.2) is 47.8 Å². The predicted octanol–water partition coefficient (Wildman–Crippen LogP) is 3.31. The number of nitriles is 1. The third-order valence-electron chi connectivity index (χ3n) is 12.3. The van der Waals surface area contributed by atoms with Crippen LogP contribution in [0, 0.1) is 17.2 Å². The van der Waals surface area contributed by atoms with Gasteiger partial charge in [-0.15, -0.1) is 0 Å². The van der Waals surface area contributed by atoms with Crippen LogP contribution in [0.4, 0.5) is 11.5 Å². The van der Waals surface area contributed by atoms with Gasteiger partial charge in [0.2, 0.25) is 11.8 Å². The van der Waals surface area contributed by atoms with Crippen molar-refractivity contribution in [1.29, 1.82) is 5.26 Å². The highest BCUT2D eigenvalue weighted by molar-refractivity contribution is 6.08. The molecule has 0 spiro atoms. The summed E-state index contributed by atoms with van der Waals surface area (Å²) in [7, 11) is 0. The second-order valence-electron chi connectivity index (χ2n) is 15.7. The minimum atomic E-state index is -0.600. The Balaban J connectivity index is 0.767. The lowest BCUT2D eigenvalue weighted by Gasteiger charge is -2.37. The van der Waals surface area contributed by atoms with E-state index >= 15 is 0 Å². The van der Waals surface area contributed by atoms with Gasteiger partial charge >= 0.3 is 0 Å². The van der Waals surface area contributed by atoms with Gasteiger partial charge in [0.1, 0.15) is 23.5 Å². The van der Waals surface area contributed by atoms with Gasteiger partial charge in [0.05, 0.1) is 37.2 Å². The first kappa shape index (κ1) is 35.7. The van der Waals surface area contributed by atoms with Gasteiger partial charge in [-0.2, -0.15) is 15.5 Å². The minimum Gasteiger partial charge on any atom is -0.349 e. The molecular formula is C40H44N12O4. The zero-order valence-corrected chi connectivity index (χ0v) is 31.1. The molecule has 1 atom stereocenters. The van der Waals surface area contributed by atoms with E-state index < -0.39 is 11.9 Å². The molecule has 2 saturated heterocycles. The molecule has 16 heteroatoms. The highest BCUT2D eigenvalue weighted by Gasteiger charge is 2.39. The number of hydrogen-bond acceptors (Lipinski definition) is 11. The highest BCUT2D eigenvalue weighted by atomic mass is 16.2. The Bertz CT molecular complexity index is 2270. The van der Waals surface area contributed by atoms with E-state index in [-0.39, 0.29) is 35.9 Å². The van der Waals surface area contributed by atoms with E-state index in [1.807, 2.05) is 29.1 Å². The second-order valence-corrected chi connectivity index (χ2v) is 15.7. The van der Waals surface area contributed by atoms with Crippen LogP contribution in [0.1, 0.15) is 101 Å². The monoisotopic (exact) mass is 756 g/mol. The van der Waals surface area contributed by atoms with E-state index in [1.165, 1.54) is 11.8 Å². The lowest BCUT2D eigenvalue weighted by atomic mass is 9.84. The van der Waals surface area contributed by atoms with Crippen molar-refractivity contribution in [2.24, 2.45) is 10.9 Å². The normalized spacial score (nSPS) is 23.3. The Kier molecular flexibility index (Phi) is 9.54. The van der Waals surface area contributed by atoms with Gasteiger partial charge in [-0.3, -0.25) is 34.2 Å². The smallest absolute Gasteiger partial charge is 0.261 e. The maximum absolute atomic E-state index is 13.5. The fourth-order valence-corrected chi connectivity index (χ4v) is 9.10. The average Bonchev–Trinajstić information content (AvgIpc) is 3.93. The number of carbonyl (C=O) groups is 4. The molecule has 9 rings (SSSR count). The maximum Gasteiger partial charge on any atom is 0.261 e. The van der Waals surface area contributed by atoms with Crippen molar-refractivity contribution in [2.75, 3.05) is 49.5 Å². The van der Waals surface area contributed by atoms with Crippen molar-refractivity contribution in [3.63, 3.8) is 0 Å². The zero-order chi connectivity index (χ0) is 38.3. The molecule has 56 heavy (non-hydrogen) atoms. The molecule has 288 valence electrons. The first-order valence-corrected chi connectivity index (χ1v) is 19.7. The summed E-state index contributed by atoms with van der Waals surface area (Å²) < 4.78 is 3.43. The molecule has 1 saturated carbocycles. The van der Waals surface area contributed by atoms with Gasteiger partial charge in [-0.1, -0.05) is 12.1 Å². The number of rotatable bonds is 8. The summed E-state index contributed by atoms with van der Waals surface area (Å²) in [6.07, 6.45) is 13.6. The van der Waals surface area contributed by atoms with Crippen molar-refractivity contribution in [2.45, 2.75) is 75.9 Å². The first-order chi connectivity index (χ1) is 27.3. The molecule has 4 amide bonds. The maximum atomic E-state index is 13.5. The van der Waals surface area contributed by atoms with Crippen molar-refractivity contribution in [3.8, 4) is 6.07 Å². The number of nitrogens with zero attached hydrogens (tertiary/aromatic N) is 10. The van der Waals surface area contributed by atoms with Crippen molar-refractivity contribution >= 4 is 47.0 Å². The number of nitrogens with one attached hydrogen (secondary N) is 2. The molecular weight excluding hydrogens is 713 g/mol. The summed E-state index contributed by atoms with van der Waals surface area (Å²) in [5.74, 6) is 0.528. The van der Waals surface area contributed by atoms with E-state index in [9.17, 15) is 24.4 Å². The predicted molar refractivity (Wildman–Crippen MR) is 205 cm³/mol. The highest BCUT2D eigenvalue weighted by Crippen LogP contribution is 2.37. The number of likely N-dealkylation sites (tertiary alicyclic amines) is 1. The Labute approximate surface area is 323 Å². The van der Waals surface area contributed by atoms with Crippen molar-refractivity contribution in [1.82, 2.24) is 39.5 Å². The lowest BCUT2D eigenvalue weighted by Crippen LogP contribution is -2.52. The Morgan fingerprint density at radius 3 is 2.62 bits per heavy atom. The summed E-state index contributed by atoms with van der Waals surface area (Å²) in [5, 5.41) is 24.1. The lowest BCUT2D eigenvalue weighted by molar-refractivity contribution is -0.136. The molecule has 1 unspecified atom stereocenters. The molecule has 3 aromatic heterocycles. The summed E-state index contributed by atoms with van der Waals surface area (Å²) in [6.45, 7) is 5.56. The second kappa shape index (κ2) is 14.9. The summed E-state index contributed by atoms with van der Waals surface area (Å²) in [6, 6.07) is 9.80. The number of aromatic nitrogens is 5. The Morgan fingerprint density at radius 1 is 1.02 bits per heavy atom. The van der Waals surface area contributed by atoms with Crippen LogP contribution >= 0.6 is 0 Å². The van der Waals surface area contributed by atoms with Gasteiger partial charge in [0, 0.05) is 44.0 Å². The number of aliphatic imine (C=N–C) groups is 1. The van der Waals surface area contributed by atoms with Crippen molar-refractivity contribution in [3.05, 3.63) is 70.8 Å². The standard InChI is InChI=1S/C40H44N12O4/c41-20-32-33(44-38(54)31-21-43-51-16-11-35(45-37(31)51)49-17-12-42-13-18-49)24-52(47-32)29-5-1-25(2-6-29)22-48-14-9-26(10-15-48)27-3-4-28-23-50(40(56)30(28)19-27)34-7-8-36(53)46-39(34)55/h3-4,11-12,16,19,21,24-26,29,34H,1-2,5-10,13-15,17-18,22-23H2,(H,44,54)(H,46,53,55). The molecule has 4 aromatic rings. The quantitative estimate of drug-likeness (QED) is 0.253. The number of anilines is 2. The van der Waals surface area contributed by atoms with Crippen LogP contribution < -0.4 is 15.5 Å². The van der Waals surface area contributed by atoms with E-state index in [4.69, 9.17) is 4.98 Å². The minimum absolute atomic E-state index is 0.122. The molecule has 7 heterocycles.